The maximum absolute atomic E-state index is 6.54. The Kier molecular flexibility index (Phi) is 9.06. The van der Waals surface area contributed by atoms with Gasteiger partial charge in [-0.1, -0.05) is 73.5 Å². The summed E-state index contributed by atoms with van der Waals surface area (Å²) >= 11 is 6.54. The Bertz CT molecular complexity index is 1210. The summed E-state index contributed by atoms with van der Waals surface area (Å²) in [6.07, 6.45) is 2.52. The van der Waals surface area contributed by atoms with Crippen LogP contribution in [0.25, 0.3) is 22.5 Å². The number of halogens is 1. The van der Waals surface area contributed by atoms with Crippen molar-refractivity contribution in [3.63, 3.8) is 0 Å². The van der Waals surface area contributed by atoms with E-state index in [1.54, 1.807) is 0 Å². The Morgan fingerprint density at radius 1 is 1.09 bits per heavy atom. The fourth-order valence-electron chi connectivity index (χ4n) is 4.10. The standard InChI is InChI=1S/C24H25ClN6O2.K.H/c1-2-3-8-20-26-22(25)21(24-32-13-14-33-24)31(20)15-16-9-11-17(12-10-16)18-6-4-5-7-19(18)23-27-29-30-28-23;;/h4-7,9-12,24H,2-3,8,13-15H2,1H3,(H,27,28,29,30);;/q;+1;-1. The summed E-state index contributed by atoms with van der Waals surface area (Å²) in [4.78, 5) is 4.64. The Balaban J connectivity index is 0.00000171. The molecule has 1 saturated heterocycles. The quantitative estimate of drug-likeness (QED) is 0.369. The van der Waals surface area contributed by atoms with Crippen LogP contribution in [0.3, 0.4) is 0 Å². The molecule has 0 radical (unpaired) electrons. The Hall–Kier alpha value is -1.43. The molecule has 8 nitrogen and oxygen atoms in total. The summed E-state index contributed by atoms with van der Waals surface area (Å²) < 4.78 is 13.7. The minimum atomic E-state index is -0.471. The van der Waals surface area contributed by atoms with Crippen LogP contribution in [0.4, 0.5) is 0 Å². The zero-order chi connectivity index (χ0) is 22.6. The zero-order valence-corrected chi connectivity index (χ0v) is 23.2. The molecule has 0 spiro atoms. The van der Waals surface area contributed by atoms with Crippen LogP contribution in [0.15, 0.2) is 48.5 Å². The SMILES string of the molecule is CCCCc1nc(Cl)c(C2OCCO2)n1Cc1ccc(-c2ccccc2-c2nn[nH]n2)cc1.[H-].[K+]. The van der Waals surface area contributed by atoms with E-state index >= 15 is 0 Å². The van der Waals surface area contributed by atoms with Gasteiger partial charge in [0.15, 0.2) is 5.15 Å². The second-order valence-corrected chi connectivity index (χ2v) is 8.30. The second-order valence-electron chi connectivity index (χ2n) is 7.95. The van der Waals surface area contributed by atoms with Crippen LogP contribution >= 0.6 is 11.6 Å². The van der Waals surface area contributed by atoms with E-state index in [4.69, 9.17) is 21.1 Å². The minimum absolute atomic E-state index is 0. The molecule has 1 N–H and O–H groups in total. The third-order valence-electron chi connectivity index (χ3n) is 5.76. The molecule has 1 aliphatic heterocycles. The van der Waals surface area contributed by atoms with Gasteiger partial charge in [0.25, 0.3) is 0 Å². The van der Waals surface area contributed by atoms with Gasteiger partial charge in [0.2, 0.25) is 12.1 Å². The van der Waals surface area contributed by atoms with E-state index in [1.165, 1.54) is 0 Å². The largest absolute Gasteiger partial charge is 1.00 e. The number of nitrogens with one attached hydrogen (secondary N) is 1. The number of unbranched alkanes of at least 4 members (excludes halogenated alkanes) is 1. The van der Waals surface area contributed by atoms with Crippen molar-refractivity contribution in [3.8, 4) is 22.5 Å². The third kappa shape index (κ3) is 5.52. The van der Waals surface area contributed by atoms with Crippen molar-refractivity contribution < 1.29 is 62.3 Å². The molecule has 0 aliphatic carbocycles. The molecule has 5 rings (SSSR count). The monoisotopic (exact) mass is 504 g/mol. The predicted molar refractivity (Wildman–Crippen MR) is 126 cm³/mol. The summed E-state index contributed by atoms with van der Waals surface area (Å²) in [7, 11) is 0. The second kappa shape index (κ2) is 12.0. The topological polar surface area (TPSA) is 90.7 Å². The van der Waals surface area contributed by atoms with Crippen molar-refractivity contribution in [2.75, 3.05) is 13.2 Å². The minimum Gasteiger partial charge on any atom is -1.00 e. The van der Waals surface area contributed by atoms with Crippen LogP contribution in [0.2, 0.25) is 5.15 Å². The van der Waals surface area contributed by atoms with Gasteiger partial charge in [-0.25, -0.2) is 4.98 Å². The van der Waals surface area contributed by atoms with Gasteiger partial charge in [0.05, 0.1) is 13.2 Å². The third-order valence-corrected chi connectivity index (χ3v) is 6.04. The van der Waals surface area contributed by atoms with Gasteiger partial charge in [-0.05, 0) is 28.3 Å². The van der Waals surface area contributed by atoms with E-state index < -0.39 is 6.29 Å². The van der Waals surface area contributed by atoms with Gasteiger partial charge >= 0.3 is 51.4 Å². The van der Waals surface area contributed by atoms with Gasteiger partial charge in [-0.15, -0.1) is 10.2 Å². The molecule has 10 heteroatoms. The molecule has 0 amide bonds. The number of benzene rings is 2. The summed E-state index contributed by atoms with van der Waals surface area (Å²) in [5, 5.41) is 14.9. The smallest absolute Gasteiger partial charge is 1.00 e. The summed E-state index contributed by atoms with van der Waals surface area (Å²) in [6, 6.07) is 16.5. The molecular weight excluding hydrogens is 479 g/mol. The number of rotatable bonds is 8. The normalized spacial score (nSPS) is 13.8. The average Bonchev–Trinajstić information content (AvgIpc) is 3.61. The number of H-pyrrole nitrogens is 1. The molecule has 4 aromatic rings. The number of hydrogen-bond acceptors (Lipinski definition) is 6. The van der Waals surface area contributed by atoms with Gasteiger partial charge in [-0.2, -0.15) is 5.21 Å². The molecule has 3 heterocycles. The first kappa shape index (κ1) is 25.7. The number of imidazole rings is 1. The number of nitrogens with zero attached hydrogens (tertiary/aromatic N) is 5. The van der Waals surface area contributed by atoms with Gasteiger partial charge in [0.1, 0.15) is 11.5 Å². The van der Waals surface area contributed by atoms with Crippen LogP contribution in [0, 0.1) is 0 Å². The maximum atomic E-state index is 6.54. The molecule has 0 bridgehead atoms. The molecule has 172 valence electrons. The molecule has 0 unspecified atom stereocenters. The van der Waals surface area contributed by atoms with Gasteiger partial charge in [0, 0.05) is 18.5 Å². The number of tetrazole rings is 1. The Morgan fingerprint density at radius 2 is 1.82 bits per heavy atom. The first-order chi connectivity index (χ1) is 16.2. The van der Waals surface area contributed by atoms with Crippen LogP contribution in [0.5, 0.6) is 0 Å². The van der Waals surface area contributed by atoms with Crippen molar-refractivity contribution in [2.45, 2.75) is 39.0 Å². The number of ether oxygens (including phenoxy) is 2. The Labute approximate surface area is 247 Å². The number of aromatic nitrogens is 6. The van der Waals surface area contributed by atoms with Crippen LogP contribution in [0.1, 0.15) is 44.6 Å². The van der Waals surface area contributed by atoms with Crippen LogP contribution < -0.4 is 51.4 Å². The molecule has 2 aromatic carbocycles. The fraction of sp³-hybridized carbons (Fsp3) is 0.333. The molecule has 1 fully saturated rings. The van der Waals surface area contributed by atoms with E-state index in [1.807, 2.05) is 18.2 Å². The van der Waals surface area contributed by atoms with Crippen molar-refractivity contribution in [3.05, 3.63) is 70.8 Å². The summed E-state index contributed by atoms with van der Waals surface area (Å²) in [5.41, 5.74) is 5.00. The predicted octanol–water partition coefficient (Wildman–Crippen LogP) is 1.94. The first-order valence-electron chi connectivity index (χ1n) is 11.1. The van der Waals surface area contributed by atoms with E-state index in [9.17, 15) is 0 Å². The first-order valence-corrected chi connectivity index (χ1v) is 11.5. The van der Waals surface area contributed by atoms with Crippen molar-refractivity contribution >= 4 is 11.6 Å². The van der Waals surface area contributed by atoms with E-state index in [2.05, 4.69) is 67.4 Å². The number of aromatic amines is 1. The summed E-state index contributed by atoms with van der Waals surface area (Å²) in [6.45, 7) is 3.93. The molecule has 1 aliphatic rings. The van der Waals surface area contributed by atoms with Crippen molar-refractivity contribution in [1.82, 2.24) is 30.2 Å². The van der Waals surface area contributed by atoms with Crippen molar-refractivity contribution in [1.29, 1.82) is 0 Å². The number of aryl methyl sites for hydroxylation is 1. The van der Waals surface area contributed by atoms with E-state index in [0.29, 0.717) is 30.7 Å². The van der Waals surface area contributed by atoms with Crippen LogP contribution in [-0.2, 0) is 22.4 Å². The van der Waals surface area contributed by atoms with E-state index in [-0.39, 0.29) is 52.8 Å². The maximum Gasteiger partial charge on any atom is 1.00 e. The zero-order valence-electron chi connectivity index (χ0n) is 20.4. The van der Waals surface area contributed by atoms with Gasteiger partial charge in [-0.3, -0.25) is 0 Å². The van der Waals surface area contributed by atoms with Gasteiger partial charge < -0.3 is 15.5 Å². The molecular formula is C24H26ClKN6O2. The molecule has 0 saturated carbocycles. The average molecular weight is 505 g/mol. The Morgan fingerprint density at radius 3 is 2.50 bits per heavy atom. The van der Waals surface area contributed by atoms with E-state index in [0.717, 1.165) is 53.0 Å². The van der Waals surface area contributed by atoms with Crippen molar-refractivity contribution in [2.24, 2.45) is 0 Å². The number of hydrogen-bond donors (Lipinski definition) is 1. The summed E-state index contributed by atoms with van der Waals surface area (Å²) in [5.74, 6) is 1.53. The molecule has 0 atom stereocenters. The molecule has 2 aromatic heterocycles. The fourth-order valence-corrected chi connectivity index (χ4v) is 4.39. The van der Waals surface area contributed by atoms with Crippen LogP contribution in [-0.4, -0.2) is 43.4 Å². The molecule has 34 heavy (non-hydrogen) atoms.